The monoisotopic (exact) mass is 278 g/mol. The Kier molecular flexibility index (Phi) is 5.47. The van der Waals surface area contributed by atoms with Crippen LogP contribution in [0.15, 0.2) is 71.3 Å². The van der Waals surface area contributed by atoms with E-state index in [-0.39, 0.29) is 5.91 Å². The first-order valence-corrected chi connectivity index (χ1v) is 6.83. The number of benzene rings is 2. The van der Waals surface area contributed by atoms with Gasteiger partial charge in [-0.3, -0.25) is 4.79 Å². The largest absolute Gasteiger partial charge is 0.273 e. The van der Waals surface area contributed by atoms with Crippen molar-refractivity contribution in [2.24, 2.45) is 5.10 Å². The van der Waals surface area contributed by atoms with E-state index in [9.17, 15) is 4.79 Å². The first-order valence-electron chi connectivity index (χ1n) is 6.83. The summed E-state index contributed by atoms with van der Waals surface area (Å²) in [4.78, 5) is 11.7. The molecular weight excluding hydrogens is 260 g/mol. The Labute approximate surface area is 125 Å². The molecular formula is C18H18N2O. The molecule has 3 nitrogen and oxygen atoms in total. The summed E-state index contributed by atoms with van der Waals surface area (Å²) in [5.41, 5.74) is 5.59. The van der Waals surface area contributed by atoms with Crippen molar-refractivity contribution >= 4 is 18.2 Å². The predicted molar refractivity (Wildman–Crippen MR) is 86.9 cm³/mol. The number of amides is 1. The van der Waals surface area contributed by atoms with Gasteiger partial charge >= 0.3 is 0 Å². The lowest BCUT2D eigenvalue weighted by Crippen LogP contribution is -2.19. The van der Waals surface area contributed by atoms with Crippen LogP contribution >= 0.6 is 0 Å². The summed E-state index contributed by atoms with van der Waals surface area (Å²) in [7, 11) is 0. The summed E-state index contributed by atoms with van der Waals surface area (Å²) in [6.45, 7) is 1.94. The van der Waals surface area contributed by atoms with Gasteiger partial charge < -0.3 is 0 Å². The van der Waals surface area contributed by atoms with Crippen LogP contribution in [0.5, 0.6) is 0 Å². The van der Waals surface area contributed by atoms with E-state index < -0.39 is 0 Å². The molecule has 0 heterocycles. The number of carbonyl (C=O) groups excluding carboxylic acids is 1. The second-order valence-corrected chi connectivity index (χ2v) is 4.75. The minimum absolute atomic E-state index is 0.120. The fourth-order valence-electron chi connectivity index (χ4n) is 1.88. The third-order valence-corrected chi connectivity index (χ3v) is 2.86. The minimum Gasteiger partial charge on any atom is -0.273 e. The SMILES string of the molecule is C/C(C=NNC(=O)Cc1ccccc1)=C\c1ccccc1. The van der Waals surface area contributed by atoms with Gasteiger partial charge in [-0.2, -0.15) is 5.10 Å². The van der Waals surface area contributed by atoms with Gasteiger partial charge in [-0.05, 0) is 23.6 Å². The summed E-state index contributed by atoms with van der Waals surface area (Å²) in [5.74, 6) is -0.120. The molecule has 21 heavy (non-hydrogen) atoms. The van der Waals surface area contributed by atoms with Gasteiger partial charge in [0.1, 0.15) is 0 Å². The van der Waals surface area contributed by atoms with E-state index in [0.29, 0.717) is 6.42 Å². The van der Waals surface area contributed by atoms with E-state index >= 15 is 0 Å². The van der Waals surface area contributed by atoms with Gasteiger partial charge in [0, 0.05) is 0 Å². The lowest BCUT2D eigenvalue weighted by molar-refractivity contribution is -0.120. The van der Waals surface area contributed by atoms with Gasteiger partial charge in [0.2, 0.25) is 5.91 Å². The Bertz CT molecular complexity index is 631. The maximum absolute atomic E-state index is 11.7. The molecule has 0 saturated heterocycles. The maximum atomic E-state index is 11.7. The van der Waals surface area contributed by atoms with E-state index in [0.717, 1.165) is 16.7 Å². The Morgan fingerprint density at radius 2 is 1.67 bits per heavy atom. The number of hydrogen-bond acceptors (Lipinski definition) is 2. The number of nitrogens with zero attached hydrogens (tertiary/aromatic N) is 1. The fraction of sp³-hybridized carbons (Fsp3) is 0.111. The van der Waals surface area contributed by atoms with Gasteiger partial charge in [-0.1, -0.05) is 66.7 Å². The van der Waals surface area contributed by atoms with Crippen LogP contribution < -0.4 is 5.43 Å². The molecule has 2 rings (SSSR count). The number of hydrazone groups is 1. The molecule has 2 aromatic rings. The van der Waals surface area contributed by atoms with Gasteiger partial charge in [-0.15, -0.1) is 0 Å². The van der Waals surface area contributed by atoms with E-state index in [2.05, 4.69) is 10.5 Å². The Morgan fingerprint density at radius 3 is 2.33 bits per heavy atom. The third kappa shape index (κ3) is 5.45. The highest BCUT2D eigenvalue weighted by Gasteiger charge is 2.00. The molecule has 0 unspecified atom stereocenters. The van der Waals surface area contributed by atoms with Gasteiger partial charge in [0.15, 0.2) is 0 Å². The van der Waals surface area contributed by atoms with Gasteiger partial charge in [0.05, 0.1) is 12.6 Å². The molecule has 0 aromatic heterocycles. The van der Waals surface area contributed by atoms with Crippen LogP contribution in [0, 0.1) is 0 Å². The van der Waals surface area contributed by atoms with Crippen LogP contribution in [0.1, 0.15) is 18.1 Å². The van der Waals surface area contributed by atoms with Crippen LogP contribution in [-0.4, -0.2) is 12.1 Å². The first kappa shape index (κ1) is 14.7. The highest BCUT2D eigenvalue weighted by atomic mass is 16.2. The summed E-state index contributed by atoms with van der Waals surface area (Å²) in [6.07, 6.45) is 3.99. The van der Waals surface area contributed by atoms with Crippen LogP contribution in [0.3, 0.4) is 0 Å². The van der Waals surface area contributed by atoms with Crippen molar-refractivity contribution in [1.29, 1.82) is 0 Å². The highest BCUT2D eigenvalue weighted by molar-refractivity contribution is 5.86. The average molecular weight is 278 g/mol. The van der Waals surface area contributed by atoms with E-state index in [4.69, 9.17) is 0 Å². The second kappa shape index (κ2) is 7.80. The Morgan fingerprint density at radius 1 is 1.05 bits per heavy atom. The molecule has 0 aliphatic rings. The molecule has 0 saturated carbocycles. The molecule has 3 heteroatoms. The number of hydrogen-bond donors (Lipinski definition) is 1. The zero-order valence-corrected chi connectivity index (χ0v) is 12.0. The molecule has 0 atom stereocenters. The molecule has 0 aliphatic carbocycles. The molecule has 0 radical (unpaired) electrons. The summed E-state index contributed by atoms with van der Waals surface area (Å²) in [6, 6.07) is 19.6. The van der Waals surface area contributed by atoms with E-state index in [1.807, 2.05) is 73.7 Å². The summed E-state index contributed by atoms with van der Waals surface area (Å²) in [5, 5.41) is 3.97. The molecule has 1 amide bonds. The van der Waals surface area contributed by atoms with Crippen molar-refractivity contribution in [1.82, 2.24) is 5.43 Å². The molecule has 0 fully saturated rings. The number of rotatable bonds is 5. The van der Waals surface area contributed by atoms with Crippen molar-refractivity contribution in [3.8, 4) is 0 Å². The van der Waals surface area contributed by atoms with Gasteiger partial charge in [-0.25, -0.2) is 5.43 Å². The van der Waals surface area contributed by atoms with Crippen LogP contribution in [0.2, 0.25) is 0 Å². The molecule has 2 aromatic carbocycles. The van der Waals surface area contributed by atoms with Crippen molar-refractivity contribution in [2.45, 2.75) is 13.3 Å². The second-order valence-electron chi connectivity index (χ2n) is 4.75. The standard InChI is InChI=1S/C18H18N2O/c1-15(12-16-8-4-2-5-9-16)14-19-20-18(21)13-17-10-6-3-7-11-17/h2-12,14H,13H2,1H3,(H,20,21)/b15-12+,19-14?. The van der Waals surface area contributed by atoms with Crippen molar-refractivity contribution in [3.63, 3.8) is 0 Å². The minimum atomic E-state index is -0.120. The number of nitrogens with one attached hydrogen (secondary N) is 1. The summed E-state index contributed by atoms with van der Waals surface area (Å²) < 4.78 is 0. The van der Waals surface area contributed by atoms with Crippen molar-refractivity contribution in [3.05, 3.63) is 77.4 Å². The number of allylic oxidation sites excluding steroid dienone is 1. The van der Waals surface area contributed by atoms with Gasteiger partial charge in [0.25, 0.3) is 0 Å². The lowest BCUT2D eigenvalue weighted by Gasteiger charge is -2.00. The molecule has 1 N–H and O–H groups in total. The third-order valence-electron chi connectivity index (χ3n) is 2.86. The molecule has 0 spiro atoms. The van der Waals surface area contributed by atoms with Crippen molar-refractivity contribution < 1.29 is 4.79 Å². The first-order chi connectivity index (χ1) is 10.2. The molecule has 0 aliphatic heterocycles. The average Bonchev–Trinajstić information content (AvgIpc) is 2.49. The molecule has 0 bridgehead atoms. The van der Waals surface area contributed by atoms with Crippen molar-refractivity contribution in [2.75, 3.05) is 0 Å². The van der Waals surface area contributed by atoms with Crippen LogP contribution in [0.25, 0.3) is 6.08 Å². The molecule has 106 valence electrons. The summed E-state index contributed by atoms with van der Waals surface area (Å²) >= 11 is 0. The van der Waals surface area contributed by atoms with Crippen LogP contribution in [0.4, 0.5) is 0 Å². The lowest BCUT2D eigenvalue weighted by atomic mass is 10.1. The topological polar surface area (TPSA) is 41.5 Å². The smallest absolute Gasteiger partial charge is 0.244 e. The predicted octanol–water partition coefficient (Wildman–Crippen LogP) is 3.43. The number of carbonyl (C=O) groups is 1. The zero-order valence-electron chi connectivity index (χ0n) is 12.0. The Balaban J connectivity index is 1.84. The highest BCUT2D eigenvalue weighted by Crippen LogP contribution is 2.04. The quantitative estimate of drug-likeness (QED) is 0.660. The van der Waals surface area contributed by atoms with Crippen LogP contribution in [-0.2, 0) is 11.2 Å². The fourth-order valence-corrected chi connectivity index (χ4v) is 1.88. The zero-order chi connectivity index (χ0) is 14.9. The normalized spacial score (nSPS) is 11.6. The maximum Gasteiger partial charge on any atom is 0.244 e. The Hall–Kier alpha value is -2.68. The van der Waals surface area contributed by atoms with E-state index in [1.54, 1.807) is 6.21 Å². The van der Waals surface area contributed by atoms with E-state index in [1.165, 1.54) is 0 Å².